The molecule has 0 spiro atoms. The van der Waals surface area contributed by atoms with Crippen LogP contribution in [0.5, 0.6) is 11.5 Å². The van der Waals surface area contributed by atoms with E-state index in [2.05, 4.69) is 22.3 Å². The minimum Gasteiger partial charge on any atom is -0.486 e. The van der Waals surface area contributed by atoms with E-state index in [-0.39, 0.29) is 10.8 Å². The van der Waals surface area contributed by atoms with E-state index < -0.39 is 10.0 Å². The number of rotatable bonds is 6. The Morgan fingerprint density at radius 3 is 2.67 bits per heavy atom. The van der Waals surface area contributed by atoms with E-state index in [1.807, 2.05) is 29.8 Å². The Morgan fingerprint density at radius 2 is 1.85 bits per heavy atom. The lowest BCUT2D eigenvalue weighted by Crippen LogP contribution is -2.39. The second kappa shape index (κ2) is 9.36. The molecule has 0 saturated carbocycles. The van der Waals surface area contributed by atoms with Gasteiger partial charge in [-0.3, -0.25) is 0 Å². The number of hydrogen-bond donors (Lipinski definition) is 0. The summed E-state index contributed by atoms with van der Waals surface area (Å²) >= 11 is 1.63. The molecule has 0 bridgehead atoms. The summed E-state index contributed by atoms with van der Waals surface area (Å²) in [6.07, 6.45) is 1.65. The number of nitrogens with zero attached hydrogens (tertiary/aromatic N) is 4. The molecule has 3 aromatic rings. The molecule has 0 radical (unpaired) electrons. The number of ether oxygens (including phenoxy) is 2. The molecule has 174 valence electrons. The van der Waals surface area contributed by atoms with Crippen molar-refractivity contribution in [2.45, 2.75) is 34.6 Å². The van der Waals surface area contributed by atoms with Gasteiger partial charge in [0.1, 0.15) is 19.0 Å². The van der Waals surface area contributed by atoms with E-state index >= 15 is 0 Å². The van der Waals surface area contributed by atoms with Crippen LogP contribution in [-0.4, -0.2) is 53.8 Å². The van der Waals surface area contributed by atoms with Gasteiger partial charge in [-0.1, -0.05) is 42.1 Å². The second-order valence-corrected chi connectivity index (χ2v) is 11.1. The van der Waals surface area contributed by atoms with Crippen LogP contribution in [0.4, 0.5) is 0 Å². The van der Waals surface area contributed by atoms with E-state index in [4.69, 9.17) is 9.47 Å². The molecular weight excluding hydrogens is 460 g/mol. The highest BCUT2D eigenvalue weighted by Gasteiger charge is 2.34. The molecule has 1 atom stereocenters. The fraction of sp³-hybridized carbons (Fsp3) is 0.391. The van der Waals surface area contributed by atoms with Crippen LogP contribution in [0.3, 0.4) is 0 Å². The fourth-order valence-corrected chi connectivity index (χ4v) is 6.65. The largest absolute Gasteiger partial charge is 0.486 e. The average molecular weight is 487 g/mol. The van der Waals surface area contributed by atoms with Crippen molar-refractivity contribution in [1.82, 2.24) is 19.1 Å². The summed E-state index contributed by atoms with van der Waals surface area (Å²) in [6, 6.07) is 15.1. The first-order valence-corrected chi connectivity index (χ1v) is 13.4. The van der Waals surface area contributed by atoms with Gasteiger partial charge in [0.25, 0.3) is 0 Å². The van der Waals surface area contributed by atoms with Crippen molar-refractivity contribution < 1.29 is 17.9 Å². The monoisotopic (exact) mass is 486 g/mol. The molecule has 0 unspecified atom stereocenters. The first-order chi connectivity index (χ1) is 16.0. The smallest absolute Gasteiger partial charge is 0.243 e. The number of aromatic nitrogens is 3. The van der Waals surface area contributed by atoms with Gasteiger partial charge in [0.2, 0.25) is 10.0 Å². The maximum absolute atomic E-state index is 13.4. The van der Waals surface area contributed by atoms with Gasteiger partial charge in [0.05, 0.1) is 4.90 Å². The van der Waals surface area contributed by atoms with Gasteiger partial charge in [-0.15, -0.1) is 10.2 Å². The summed E-state index contributed by atoms with van der Waals surface area (Å²) in [5.41, 5.74) is 1.22. The third-order valence-corrected chi connectivity index (χ3v) is 8.93. The topological polar surface area (TPSA) is 86.6 Å². The number of sulfonamides is 1. The van der Waals surface area contributed by atoms with Crippen LogP contribution < -0.4 is 9.47 Å². The number of piperidine rings is 1. The van der Waals surface area contributed by atoms with E-state index in [0.29, 0.717) is 37.8 Å². The maximum atomic E-state index is 13.4. The van der Waals surface area contributed by atoms with E-state index in [1.54, 1.807) is 34.3 Å². The summed E-state index contributed by atoms with van der Waals surface area (Å²) < 4.78 is 41.4. The summed E-state index contributed by atoms with van der Waals surface area (Å²) in [5.74, 6) is 2.69. The summed E-state index contributed by atoms with van der Waals surface area (Å²) in [5, 5.41) is 9.64. The molecule has 0 N–H and O–H groups in total. The fourth-order valence-electron chi connectivity index (χ4n) is 4.23. The lowest BCUT2D eigenvalue weighted by molar-refractivity contribution is 0.171. The molecule has 1 aromatic heterocycles. The summed E-state index contributed by atoms with van der Waals surface area (Å²) in [6.45, 7) is 1.75. The molecule has 2 aliphatic heterocycles. The first kappa shape index (κ1) is 22.2. The predicted octanol–water partition coefficient (Wildman–Crippen LogP) is 3.45. The average Bonchev–Trinajstić information content (AvgIpc) is 3.23. The van der Waals surface area contributed by atoms with Crippen LogP contribution in [0.15, 0.2) is 58.6 Å². The predicted molar refractivity (Wildman–Crippen MR) is 125 cm³/mol. The van der Waals surface area contributed by atoms with Crippen LogP contribution in [0.1, 0.15) is 30.1 Å². The van der Waals surface area contributed by atoms with Gasteiger partial charge in [0, 0.05) is 37.9 Å². The Bertz CT molecular complexity index is 1230. The Kier molecular flexibility index (Phi) is 6.31. The molecule has 2 aromatic carbocycles. The van der Waals surface area contributed by atoms with E-state index in [1.165, 1.54) is 5.56 Å². The molecule has 3 heterocycles. The van der Waals surface area contributed by atoms with Crippen LogP contribution >= 0.6 is 11.8 Å². The first-order valence-electron chi connectivity index (χ1n) is 11.0. The van der Waals surface area contributed by atoms with Crippen LogP contribution in [-0.2, 0) is 22.8 Å². The van der Waals surface area contributed by atoms with Gasteiger partial charge in [-0.05, 0) is 30.5 Å². The Labute approximate surface area is 198 Å². The normalized spacial score (nSPS) is 18.9. The summed E-state index contributed by atoms with van der Waals surface area (Å²) in [4.78, 5) is 0.226. The van der Waals surface area contributed by atoms with Crippen molar-refractivity contribution in [2.24, 2.45) is 7.05 Å². The van der Waals surface area contributed by atoms with Gasteiger partial charge < -0.3 is 14.0 Å². The second-order valence-electron chi connectivity index (χ2n) is 8.18. The molecule has 0 aliphatic carbocycles. The zero-order chi connectivity index (χ0) is 22.8. The Morgan fingerprint density at radius 1 is 1.06 bits per heavy atom. The number of benzene rings is 2. The Balaban J connectivity index is 1.31. The third-order valence-electron chi connectivity index (χ3n) is 5.98. The van der Waals surface area contributed by atoms with Crippen molar-refractivity contribution in [2.75, 3.05) is 26.3 Å². The van der Waals surface area contributed by atoms with Crippen molar-refractivity contribution in [3.8, 4) is 11.5 Å². The molecule has 2 aliphatic rings. The lowest BCUT2D eigenvalue weighted by atomic mass is 9.99. The van der Waals surface area contributed by atoms with Crippen LogP contribution in [0, 0.1) is 0 Å². The highest BCUT2D eigenvalue weighted by molar-refractivity contribution is 7.98. The van der Waals surface area contributed by atoms with E-state index in [0.717, 1.165) is 29.6 Å². The minimum atomic E-state index is -3.65. The zero-order valence-electron chi connectivity index (χ0n) is 18.4. The highest BCUT2D eigenvalue weighted by atomic mass is 32.2. The van der Waals surface area contributed by atoms with Crippen molar-refractivity contribution in [3.05, 3.63) is 59.9 Å². The lowest BCUT2D eigenvalue weighted by Gasteiger charge is -2.31. The molecule has 5 rings (SSSR count). The summed E-state index contributed by atoms with van der Waals surface area (Å²) in [7, 11) is -1.70. The molecule has 0 amide bonds. The third kappa shape index (κ3) is 4.60. The molecule has 10 heteroatoms. The van der Waals surface area contributed by atoms with Gasteiger partial charge in [-0.25, -0.2) is 8.42 Å². The number of fused-ring (bicyclic) bond motifs is 1. The molecule has 1 saturated heterocycles. The highest BCUT2D eigenvalue weighted by Crippen LogP contribution is 2.35. The van der Waals surface area contributed by atoms with Crippen molar-refractivity contribution >= 4 is 21.8 Å². The number of thioether (sulfide) groups is 1. The van der Waals surface area contributed by atoms with Gasteiger partial charge in [0.15, 0.2) is 16.7 Å². The molecule has 1 fully saturated rings. The quantitative estimate of drug-likeness (QED) is 0.493. The maximum Gasteiger partial charge on any atom is 0.243 e. The SMILES string of the molecule is Cn1c(SCc2ccccc2)nnc1[C@H]1CCCN(S(=O)(=O)c2ccc3c(c2)OCCO3)C1. The van der Waals surface area contributed by atoms with Gasteiger partial charge in [-0.2, -0.15) is 4.31 Å². The standard InChI is InChI=1S/C23H26N4O4S2/c1-26-22(24-25-23(26)32-16-17-6-3-2-4-7-17)18-8-5-11-27(15-18)33(28,29)19-9-10-20-21(14-19)31-13-12-30-20/h2-4,6-7,9-10,14,18H,5,8,11-13,15-16H2,1H3/t18-/m0/s1. The molecular formula is C23H26N4O4S2. The van der Waals surface area contributed by atoms with E-state index in [9.17, 15) is 8.42 Å². The molecule has 8 nitrogen and oxygen atoms in total. The zero-order valence-corrected chi connectivity index (χ0v) is 20.0. The van der Waals surface area contributed by atoms with Crippen LogP contribution in [0.2, 0.25) is 0 Å². The van der Waals surface area contributed by atoms with Crippen LogP contribution in [0.25, 0.3) is 0 Å². The minimum absolute atomic E-state index is 0.00527. The number of hydrogen-bond acceptors (Lipinski definition) is 7. The van der Waals surface area contributed by atoms with Crippen molar-refractivity contribution in [1.29, 1.82) is 0 Å². The van der Waals surface area contributed by atoms with Gasteiger partial charge >= 0.3 is 0 Å². The van der Waals surface area contributed by atoms with Crippen molar-refractivity contribution in [3.63, 3.8) is 0 Å². The molecule has 33 heavy (non-hydrogen) atoms. The Hall–Kier alpha value is -2.56.